The SMILES string of the molecule is C1=Cc2cc3ccc(cc4nc(cc5ccc(cc1n2)[nH]5)C=C4)[nH]3.O=C(O)c1ccc(Cl)cc1. The number of hydrogen-bond acceptors (Lipinski definition) is 3. The Labute approximate surface area is 199 Å². The van der Waals surface area contributed by atoms with E-state index in [-0.39, 0.29) is 5.56 Å². The molecule has 0 radical (unpaired) electrons. The summed E-state index contributed by atoms with van der Waals surface area (Å²) in [6.45, 7) is 0. The molecule has 3 aromatic heterocycles. The number of carboxylic acid groups (broad SMARTS) is 1. The van der Waals surface area contributed by atoms with Crippen molar-refractivity contribution < 1.29 is 9.90 Å². The van der Waals surface area contributed by atoms with Crippen molar-refractivity contribution in [1.29, 1.82) is 0 Å². The Balaban J connectivity index is 0.000000204. The molecule has 4 aromatic rings. The number of nitrogens with zero attached hydrogens (tertiary/aromatic N) is 2. The Bertz CT molecular complexity index is 1420. The van der Waals surface area contributed by atoms with Gasteiger partial charge in [-0.05, 0) is 97.1 Å². The Morgan fingerprint density at radius 3 is 1.29 bits per heavy atom. The third-order valence-corrected chi connectivity index (χ3v) is 5.39. The monoisotopic (exact) mass is 466 g/mol. The van der Waals surface area contributed by atoms with Gasteiger partial charge in [0, 0.05) is 27.1 Å². The standard InChI is InChI=1S/C20H14N4.C7H5ClO2/c1-2-14-10-16-5-6-18(23-16)12-20-8-7-19(24-20)11-17-4-3-15(22-17)9-13(1)21-14;8-6-3-1-5(2-4-6)7(9)10/h1-12,21,24H;1-4H,(H,9,10). The summed E-state index contributed by atoms with van der Waals surface area (Å²) in [5.41, 5.74) is 8.11. The summed E-state index contributed by atoms with van der Waals surface area (Å²) in [7, 11) is 0. The molecule has 3 N–H and O–H groups in total. The zero-order valence-corrected chi connectivity index (χ0v) is 18.6. The van der Waals surface area contributed by atoms with Crippen LogP contribution in [-0.4, -0.2) is 31.0 Å². The molecule has 0 unspecified atom stereocenters. The fourth-order valence-electron chi connectivity index (χ4n) is 3.54. The number of aromatic amines is 2. The lowest BCUT2D eigenvalue weighted by molar-refractivity contribution is 0.0697. The number of halogens is 1. The van der Waals surface area contributed by atoms with Crippen LogP contribution in [0.4, 0.5) is 0 Å². The second-order valence-corrected chi connectivity index (χ2v) is 8.15. The lowest BCUT2D eigenvalue weighted by atomic mass is 10.2. The molecule has 8 bridgehead atoms. The normalized spacial score (nSPS) is 11.7. The Kier molecular flexibility index (Phi) is 5.81. The number of nitrogens with one attached hydrogen (secondary N) is 2. The predicted molar refractivity (Wildman–Crippen MR) is 137 cm³/mol. The molecule has 166 valence electrons. The molecule has 0 saturated carbocycles. The van der Waals surface area contributed by atoms with Crippen LogP contribution in [0.25, 0.3) is 46.4 Å². The minimum atomic E-state index is -0.934. The quantitative estimate of drug-likeness (QED) is 0.251. The van der Waals surface area contributed by atoms with Gasteiger partial charge in [0.15, 0.2) is 0 Å². The topological polar surface area (TPSA) is 94.7 Å². The maximum atomic E-state index is 10.3. The Morgan fingerprint density at radius 1 is 0.618 bits per heavy atom. The highest BCUT2D eigenvalue weighted by molar-refractivity contribution is 6.30. The largest absolute Gasteiger partial charge is 0.478 e. The lowest BCUT2D eigenvalue weighted by Crippen LogP contribution is -1.94. The van der Waals surface area contributed by atoms with Gasteiger partial charge in [-0.3, -0.25) is 0 Å². The maximum absolute atomic E-state index is 10.3. The highest BCUT2D eigenvalue weighted by atomic mass is 35.5. The average Bonchev–Trinajstić information content (AvgIpc) is 3.60. The third kappa shape index (κ3) is 5.14. The molecular formula is C27H19ClN4O2. The number of carboxylic acids is 1. The smallest absolute Gasteiger partial charge is 0.335 e. The molecule has 1 aromatic carbocycles. The van der Waals surface area contributed by atoms with Gasteiger partial charge in [-0.2, -0.15) is 0 Å². The third-order valence-electron chi connectivity index (χ3n) is 5.13. The van der Waals surface area contributed by atoms with Crippen molar-refractivity contribution >= 4 is 63.9 Å². The van der Waals surface area contributed by atoms with E-state index in [1.807, 2.05) is 48.6 Å². The highest BCUT2D eigenvalue weighted by Gasteiger charge is 2.01. The first-order chi connectivity index (χ1) is 16.5. The summed E-state index contributed by atoms with van der Waals surface area (Å²) in [5.74, 6) is -0.934. The molecule has 0 atom stereocenters. The fourth-order valence-corrected chi connectivity index (χ4v) is 3.66. The maximum Gasteiger partial charge on any atom is 0.335 e. The second-order valence-electron chi connectivity index (χ2n) is 7.72. The summed E-state index contributed by atoms with van der Waals surface area (Å²) in [6, 6.07) is 22.4. The van der Waals surface area contributed by atoms with Crippen LogP contribution in [0.2, 0.25) is 5.02 Å². The minimum Gasteiger partial charge on any atom is -0.478 e. The van der Waals surface area contributed by atoms with Gasteiger partial charge in [0.1, 0.15) is 0 Å². The molecule has 0 saturated heterocycles. The van der Waals surface area contributed by atoms with Crippen molar-refractivity contribution in [3.63, 3.8) is 0 Å². The molecule has 7 heteroatoms. The zero-order chi connectivity index (χ0) is 23.5. The molecular weight excluding hydrogens is 448 g/mol. The van der Waals surface area contributed by atoms with Crippen molar-refractivity contribution in [1.82, 2.24) is 19.9 Å². The van der Waals surface area contributed by atoms with E-state index >= 15 is 0 Å². The number of aromatic carboxylic acids is 1. The van der Waals surface area contributed by atoms with Crippen LogP contribution in [-0.2, 0) is 0 Å². The van der Waals surface area contributed by atoms with Gasteiger partial charge in [-0.1, -0.05) is 11.6 Å². The number of hydrogen-bond donors (Lipinski definition) is 3. The molecule has 0 fully saturated rings. The summed E-state index contributed by atoms with van der Waals surface area (Å²) in [5, 5.41) is 8.98. The van der Waals surface area contributed by atoms with Gasteiger partial charge in [0.05, 0.1) is 28.3 Å². The number of benzene rings is 1. The number of rotatable bonds is 1. The highest BCUT2D eigenvalue weighted by Crippen LogP contribution is 2.17. The molecule has 2 aliphatic heterocycles. The van der Waals surface area contributed by atoms with Crippen molar-refractivity contribution in [2.75, 3.05) is 0 Å². The van der Waals surface area contributed by atoms with Crippen LogP contribution in [0.5, 0.6) is 0 Å². The number of carbonyl (C=O) groups is 1. The van der Waals surface area contributed by atoms with Crippen LogP contribution >= 0.6 is 11.6 Å². The van der Waals surface area contributed by atoms with E-state index in [9.17, 15) is 4.79 Å². The first-order valence-electron chi connectivity index (χ1n) is 10.5. The van der Waals surface area contributed by atoms with Crippen molar-refractivity contribution in [3.8, 4) is 0 Å². The predicted octanol–water partition coefficient (Wildman–Crippen LogP) is 6.69. The fraction of sp³-hybridized carbons (Fsp3) is 0. The lowest BCUT2D eigenvalue weighted by Gasteiger charge is -1.91. The van der Waals surface area contributed by atoms with E-state index in [0.29, 0.717) is 5.02 Å². The van der Waals surface area contributed by atoms with Gasteiger partial charge in [0.2, 0.25) is 0 Å². The van der Waals surface area contributed by atoms with Crippen LogP contribution in [0.1, 0.15) is 33.1 Å². The minimum absolute atomic E-state index is 0.254. The zero-order valence-electron chi connectivity index (χ0n) is 17.9. The average molecular weight is 467 g/mol. The number of fused-ring (bicyclic) bond motifs is 8. The van der Waals surface area contributed by atoms with E-state index in [4.69, 9.17) is 16.7 Å². The second kappa shape index (κ2) is 9.21. The van der Waals surface area contributed by atoms with E-state index in [0.717, 1.165) is 44.8 Å². The van der Waals surface area contributed by atoms with Crippen molar-refractivity contribution in [2.24, 2.45) is 0 Å². The number of aromatic nitrogens is 4. The summed E-state index contributed by atoms with van der Waals surface area (Å²) in [4.78, 5) is 26.3. The summed E-state index contributed by atoms with van der Waals surface area (Å²) < 4.78 is 0. The van der Waals surface area contributed by atoms with E-state index in [1.165, 1.54) is 12.1 Å². The Morgan fingerprint density at radius 2 is 0.971 bits per heavy atom. The molecule has 6 rings (SSSR count). The van der Waals surface area contributed by atoms with Crippen LogP contribution in [0.15, 0.2) is 72.8 Å². The summed E-state index contributed by atoms with van der Waals surface area (Å²) >= 11 is 5.52. The van der Waals surface area contributed by atoms with Gasteiger partial charge < -0.3 is 15.1 Å². The molecule has 0 aliphatic carbocycles. The van der Waals surface area contributed by atoms with Gasteiger partial charge >= 0.3 is 5.97 Å². The van der Waals surface area contributed by atoms with Gasteiger partial charge in [0.25, 0.3) is 0 Å². The molecule has 34 heavy (non-hydrogen) atoms. The number of H-pyrrole nitrogens is 2. The first-order valence-corrected chi connectivity index (χ1v) is 10.9. The van der Waals surface area contributed by atoms with Gasteiger partial charge in [-0.25, -0.2) is 14.8 Å². The van der Waals surface area contributed by atoms with Crippen molar-refractivity contribution in [3.05, 3.63) is 106 Å². The van der Waals surface area contributed by atoms with Gasteiger partial charge in [-0.15, -0.1) is 0 Å². The first kappa shape index (κ1) is 21.4. The molecule has 0 amide bonds. The van der Waals surface area contributed by atoms with Crippen LogP contribution in [0.3, 0.4) is 0 Å². The summed E-state index contributed by atoms with van der Waals surface area (Å²) in [6.07, 6.45) is 8.09. The molecule has 2 aliphatic rings. The van der Waals surface area contributed by atoms with E-state index < -0.39 is 5.97 Å². The van der Waals surface area contributed by atoms with Crippen LogP contribution < -0.4 is 0 Å². The van der Waals surface area contributed by atoms with E-state index in [2.05, 4.69) is 44.2 Å². The van der Waals surface area contributed by atoms with E-state index in [1.54, 1.807) is 12.1 Å². The van der Waals surface area contributed by atoms with Crippen molar-refractivity contribution in [2.45, 2.75) is 0 Å². The molecule has 0 spiro atoms. The van der Waals surface area contributed by atoms with Crippen LogP contribution in [0, 0.1) is 0 Å². The molecule has 6 nitrogen and oxygen atoms in total. The Hall–Kier alpha value is -4.42. The molecule has 5 heterocycles.